The molecular formula is C16H19FN4O2. The minimum absolute atomic E-state index is 0.0176. The maximum Gasteiger partial charge on any atom is 0.259 e. The highest BCUT2D eigenvalue weighted by molar-refractivity contribution is 6.05. The van der Waals surface area contributed by atoms with E-state index in [1.165, 1.54) is 18.3 Å². The zero-order valence-electron chi connectivity index (χ0n) is 13.3. The number of nitrogens with zero attached hydrogens (tertiary/aromatic N) is 2. The van der Waals surface area contributed by atoms with Crippen LogP contribution in [-0.4, -0.2) is 21.6 Å². The van der Waals surface area contributed by atoms with Crippen LogP contribution >= 0.6 is 0 Å². The van der Waals surface area contributed by atoms with E-state index in [2.05, 4.69) is 24.3 Å². The van der Waals surface area contributed by atoms with Gasteiger partial charge in [0.25, 0.3) is 5.91 Å². The first-order valence-corrected chi connectivity index (χ1v) is 7.22. The molecule has 1 heterocycles. The molecule has 0 saturated heterocycles. The molecule has 6 nitrogen and oxygen atoms in total. The third-order valence-electron chi connectivity index (χ3n) is 3.39. The Morgan fingerprint density at radius 2 is 2.09 bits per heavy atom. The second kappa shape index (κ2) is 6.60. The summed E-state index contributed by atoms with van der Waals surface area (Å²) in [5.74, 6) is -1.51. The van der Waals surface area contributed by atoms with Gasteiger partial charge < -0.3 is 11.1 Å². The zero-order chi connectivity index (χ0) is 17.1. The molecule has 23 heavy (non-hydrogen) atoms. The average Bonchev–Trinajstić information content (AvgIpc) is 2.81. The molecule has 0 unspecified atom stereocenters. The van der Waals surface area contributed by atoms with Gasteiger partial charge in [-0.3, -0.25) is 14.3 Å². The van der Waals surface area contributed by atoms with Crippen LogP contribution in [0.3, 0.4) is 0 Å². The summed E-state index contributed by atoms with van der Waals surface area (Å²) in [5, 5.41) is 6.66. The molecule has 0 spiro atoms. The van der Waals surface area contributed by atoms with Crippen LogP contribution in [-0.2, 0) is 6.54 Å². The SMILES string of the molecule is Cc1c(C(=O)Nc2ccc(C(N)=O)cc2F)cnn1CC(C)C. The van der Waals surface area contributed by atoms with Crippen LogP contribution in [0.1, 0.15) is 40.3 Å². The molecule has 0 atom stereocenters. The van der Waals surface area contributed by atoms with E-state index in [-0.39, 0.29) is 11.3 Å². The van der Waals surface area contributed by atoms with Gasteiger partial charge in [-0.05, 0) is 31.0 Å². The molecule has 0 radical (unpaired) electrons. The molecule has 7 heteroatoms. The summed E-state index contributed by atoms with van der Waals surface area (Å²) < 4.78 is 15.7. The maximum absolute atomic E-state index is 13.9. The van der Waals surface area contributed by atoms with Crippen molar-refractivity contribution in [1.82, 2.24) is 9.78 Å². The molecule has 1 aromatic carbocycles. The maximum atomic E-state index is 13.9. The second-order valence-corrected chi connectivity index (χ2v) is 5.73. The number of carbonyl (C=O) groups excluding carboxylic acids is 2. The molecule has 1 aromatic heterocycles. The topological polar surface area (TPSA) is 90.0 Å². The summed E-state index contributed by atoms with van der Waals surface area (Å²) in [4.78, 5) is 23.3. The molecule has 2 amide bonds. The van der Waals surface area contributed by atoms with Crippen molar-refractivity contribution in [3.8, 4) is 0 Å². The summed E-state index contributed by atoms with van der Waals surface area (Å²) in [6, 6.07) is 3.66. The first-order valence-electron chi connectivity index (χ1n) is 7.22. The quantitative estimate of drug-likeness (QED) is 0.886. The first kappa shape index (κ1) is 16.7. The number of amides is 2. The van der Waals surface area contributed by atoms with Gasteiger partial charge in [0, 0.05) is 17.8 Å². The third-order valence-corrected chi connectivity index (χ3v) is 3.39. The number of hydrogen-bond acceptors (Lipinski definition) is 3. The number of hydrogen-bond donors (Lipinski definition) is 2. The highest BCUT2D eigenvalue weighted by Gasteiger charge is 2.17. The summed E-state index contributed by atoms with van der Waals surface area (Å²) in [6.45, 7) is 6.59. The number of halogens is 1. The van der Waals surface area contributed by atoms with Gasteiger partial charge >= 0.3 is 0 Å². The molecule has 122 valence electrons. The lowest BCUT2D eigenvalue weighted by atomic mass is 10.1. The Morgan fingerprint density at radius 1 is 1.39 bits per heavy atom. The van der Waals surface area contributed by atoms with Crippen molar-refractivity contribution in [1.29, 1.82) is 0 Å². The Morgan fingerprint density at radius 3 is 2.65 bits per heavy atom. The van der Waals surface area contributed by atoms with Gasteiger partial charge in [0.2, 0.25) is 5.91 Å². The lowest BCUT2D eigenvalue weighted by Crippen LogP contribution is -2.16. The van der Waals surface area contributed by atoms with Crippen LogP contribution in [0.15, 0.2) is 24.4 Å². The predicted octanol–water partition coefficient (Wildman–Crippen LogP) is 2.34. The number of nitrogens with one attached hydrogen (secondary N) is 1. The number of rotatable bonds is 5. The van der Waals surface area contributed by atoms with Crippen molar-refractivity contribution in [2.24, 2.45) is 11.7 Å². The Kier molecular flexibility index (Phi) is 4.78. The van der Waals surface area contributed by atoms with Crippen molar-refractivity contribution in [3.63, 3.8) is 0 Å². The first-order chi connectivity index (χ1) is 10.8. The van der Waals surface area contributed by atoms with Crippen LogP contribution in [0.4, 0.5) is 10.1 Å². The van der Waals surface area contributed by atoms with Gasteiger partial charge in [0.1, 0.15) is 5.82 Å². The van der Waals surface area contributed by atoms with Gasteiger partial charge in [-0.1, -0.05) is 13.8 Å². The number of nitrogens with two attached hydrogens (primary N) is 1. The Balaban J connectivity index is 2.19. The molecule has 3 N–H and O–H groups in total. The fraction of sp³-hybridized carbons (Fsp3) is 0.312. The lowest BCUT2D eigenvalue weighted by molar-refractivity contribution is 0.0998. The van der Waals surface area contributed by atoms with Crippen LogP contribution in [0, 0.1) is 18.7 Å². The molecule has 0 aliphatic heterocycles. The minimum atomic E-state index is -0.729. The summed E-state index contributed by atoms with van der Waals surface area (Å²) in [7, 11) is 0. The fourth-order valence-corrected chi connectivity index (χ4v) is 2.16. The third kappa shape index (κ3) is 3.74. The Hall–Kier alpha value is -2.70. The van der Waals surface area contributed by atoms with Crippen molar-refractivity contribution in [3.05, 3.63) is 47.0 Å². The van der Waals surface area contributed by atoms with Crippen LogP contribution in [0.25, 0.3) is 0 Å². The molecular weight excluding hydrogens is 299 g/mol. The van der Waals surface area contributed by atoms with Crippen LogP contribution in [0.5, 0.6) is 0 Å². The number of benzene rings is 1. The molecule has 2 aromatic rings. The summed E-state index contributed by atoms with van der Waals surface area (Å²) in [6.07, 6.45) is 1.46. The van der Waals surface area contributed by atoms with Crippen molar-refractivity contribution in [2.45, 2.75) is 27.3 Å². The van der Waals surface area contributed by atoms with Gasteiger partial charge in [0.05, 0.1) is 17.4 Å². The van der Waals surface area contributed by atoms with Crippen LogP contribution < -0.4 is 11.1 Å². The average molecular weight is 318 g/mol. The van der Waals surface area contributed by atoms with Gasteiger partial charge in [-0.25, -0.2) is 4.39 Å². The van der Waals surface area contributed by atoms with E-state index in [1.807, 2.05) is 0 Å². The molecule has 0 aliphatic rings. The fourth-order valence-electron chi connectivity index (χ4n) is 2.16. The predicted molar refractivity (Wildman–Crippen MR) is 84.7 cm³/mol. The summed E-state index contributed by atoms with van der Waals surface area (Å²) in [5.41, 5.74) is 6.20. The minimum Gasteiger partial charge on any atom is -0.366 e. The van der Waals surface area contributed by atoms with Crippen molar-refractivity contribution >= 4 is 17.5 Å². The largest absolute Gasteiger partial charge is 0.366 e. The molecule has 2 rings (SSSR count). The zero-order valence-corrected chi connectivity index (χ0v) is 13.3. The Labute approximate surface area is 133 Å². The van der Waals surface area contributed by atoms with Gasteiger partial charge in [-0.15, -0.1) is 0 Å². The highest BCUT2D eigenvalue weighted by Crippen LogP contribution is 2.18. The van der Waals surface area contributed by atoms with Crippen molar-refractivity contribution in [2.75, 3.05) is 5.32 Å². The Bertz CT molecular complexity index is 753. The van der Waals surface area contributed by atoms with E-state index in [9.17, 15) is 14.0 Å². The number of primary amides is 1. The number of carbonyl (C=O) groups is 2. The van der Waals surface area contributed by atoms with Gasteiger partial charge in [0.15, 0.2) is 0 Å². The highest BCUT2D eigenvalue weighted by atomic mass is 19.1. The van der Waals surface area contributed by atoms with E-state index < -0.39 is 17.6 Å². The lowest BCUT2D eigenvalue weighted by Gasteiger charge is -2.09. The molecule has 0 bridgehead atoms. The van der Waals surface area contributed by atoms with Crippen molar-refractivity contribution < 1.29 is 14.0 Å². The van der Waals surface area contributed by atoms with E-state index in [4.69, 9.17) is 5.73 Å². The molecule has 0 fully saturated rings. The monoisotopic (exact) mass is 318 g/mol. The molecule has 0 aliphatic carbocycles. The normalized spacial score (nSPS) is 10.8. The van der Waals surface area contributed by atoms with Gasteiger partial charge in [-0.2, -0.15) is 5.10 Å². The number of anilines is 1. The van der Waals surface area contributed by atoms with E-state index in [1.54, 1.807) is 11.6 Å². The molecule has 0 saturated carbocycles. The second-order valence-electron chi connectivity index (χ2n) is 5.73. The van der Waals surface area contributed by atoms with E-state index in [0.29, 0.717) is 23.7 Å². The van der Waals surface area contributed by atoms with E-state index in [0.717, 1.165) is 6.07 Å². The smallest absolute Gasteiger partial charge is 0.259 e. The number of aromatic nitrogens is 2. The summed E-state index contributed by atoms with van der Waals surface area (Å²) >= 11 is 0. The van der Waals surface area contributed by atoms with E-state index >= 15 is 0 Å². The van der Waals surface area contributed by atoms with Crippen LogP contribution in [0.2, 0.25) is 0 Å². The standard InChI is InChI=1S/C16H19FN4O2/c1-9(2)8-21-10(3)12(7-19-21)16(23)20-14-5-4-11(15(18)22)6-13(14)17/h4-7,9H,8H2,1-3H3,(H2,18,22)(H,20,23).